The van der Waals surface area contributed by atoms with Gasteiger partial charge in [-0.05, 0) is 93.6 Å². The summed E-state index contributed by atoms with van der Waals surface area (Å²) < 4.78 is 1.82. The molecule has 0 saturated carbocycles. The topological polar surface area (TPSA) is 66.4 Å². The molecule has 2 saturated heterocycles. The second kappa shape index (κ2) is 32.8. The maximum absolute atomic E-state index is 15.5. The van der Waals surface area contributed by atoms with Crippen LogP contribution >= 0.6 is 31.9 Å². The molecule has 8 heteroatoms. The van der Waals surface area contributed by atoms with Crippen LogP contribution in [0.2, 0.25) is 0 Å². The second-order valence-corrected chi connectivity index (χ2v) is 21.9. The lowest BCUT2D eigenvalue weighted by molar-refractivity contribution is -0.137. The Hall–Kier alpha value is -1.80. The summed E-state index contributed by atoms with van der Waals surface area (Å²) in [5.41, 5.74) is 1.68. The molecule has 0 aromatic carbocycles. The maximum atomic E-state index is 15.5. The molecule has 6 nitrogen and oxygen atoms in total. The van der Waals surface area contributed by atoms with Gasteiger partial charge in [0.1, 0.15) is 0 Å². The van der Waals surface area contributed by atoms with E-state index in [1.54, 1.807) is 0 Å². The lowest BCUT2D eigenvalue weighted by Gasteiger charge is -2.35. The van der Waals surface area contributed by atoms with Gasteiger partial charge in [-0.2, -0.15) is 0 Å². The predicted octanol–water partition coefficient (Wildman–Crippen LogP) is 17.5. The number of halogens is 2. The molecule has 2 aliphatic heterocycles. The van der Waals surface area contributed by atoms with Crippen molar-refractivity contribution in [1.82, 2.24) is 19.8 Å². The van der Waals surface area contributed by atoms with Gasteiger partial charge in [0.15, 0.2) is 0 Å². The third kappa shape index (κ3) is 18.7. The minimum Gasteiger partial charge on any atom is -0.333 e. The molecule has 2 aromatic heterocycles. The Balaban J connectivity index is 1.61. The number of rotatable bonds is 38. The molecule has 4 heterocycles. The van der Waals surface area contributed by atoms with Crippen LogP contribution < -0.4 is 0 Å². The highest BCUT2D eigenvalue weighted by molar-refractivity contribution is 9.10. The summed E-state index contributed by atoms with van der Waals surface area (Å²) in [7, 11) is 0. The van der Waals surface area contributed by atoms with E-state index < -0.39 is 11.8 Å². The van der Waals surface area contributed by atoms with Gasteiger partial charge in [0.2, 0.25) is 11.8 Å². The van der Waals surface area contributed by atoms with Crippen LogP contribution in [0.3, 0.4) is 0 Å². The first-order chi connectivity index (χ1) is 31.3. The van der Waals surface area contributed by atoms with E-state index >= 15 is 9.59 Å². The average Bonchev–Trinajstić information content (AvgIpc) is 3.73. The molecule has 2 fully saturated rings. The highest BCUT2D eigenvalue weighted by Crippen LogP contribution is 2.54. The summed E-state index contributed by atoms with van der Waals surface area (Å²) in [5.74, 6) is 0.125. The highest BCUT2D eigenvalue weighted by Gasteiger charge is 2.63. The molecule has 362 valence electrons. The smallest absolute Gasteiger partial charge is 0.229 e. The van der Waals surface area contributed by atoms with Gasteiger partial charge in [-0.15, -0.1) is 0 Å². The van der Waals surface area contributed by atoms with Crippen LogP contribution in [0.1, 0.15) is 257 Å². The fourth-order valence-electron chi connectivity index (χ4n) is 11.0. The number of hydrogen-bond donors (Lipinski definition) is 0. The number of carbonyl (C=O) groups is 2. The Kier molecular flexibility index (Phi) is 28.1. The zero-order chi connectivity index (χ0) is 45.8. The molecular weight excluding hydrogens is 920 g/mol. The number of pyridine rings is 2. The first kappa shape index (κ1) is 54.8. The zero-order valence-electron chi connectivity index (χ0n) is 41.3. The molecule has 2 aliphatic rings. The van der Waals surface area contributed by atoms with Gasteiger partial charge in [-0.1, -0.05) is 207 Å². The van der Waals surface area contributed by atoms with Crippen LogP contribution in [-0.2, 0) is 9.59 Å². The number of amides is 2. The normalized spacial score (nSPS) is 19.5. The largest absolute Gasteiger partial charge is 0.333 e. The average molecular weight is 1010 g/mol. The maximum Gasteiger partial charge on any atom is 0.229 e. The number of nitrogens with zero attached hydrogens (tertiary/aromatic N) is 4. The Bertz CT molecular complexity index is 1410. The predicted molar refractivity (Wildman–Crippen MR) is 277 cm³/mol. The Morgan fingerprint density at radius 2 is 0.688 bits per heavy atom. The fourth-order valence-corrected chi connectivity index (χ4v) is 11.5. The van der Waals surface area contributed by atoms with E-state index in [0.29, 0.717) is 24.9 Å². The summed E-state index contributed by atoms with van der Waals surface area (Å²) in [5, 5.41) is 0. The quantitative estimate of drug-likeness (QED) is 0.0629. The summed E-state index contributed by atoms with van der Waals surface area (Å²) in [6.07, 6.45) is 44.4. The molecule has 64 heavy (non-hydrogen) atoms. The first-order valence-electron chi connectivity index (χ1n) is 27.2. The minimum absolute atomic E-state index is 0.129. The van der Waals surface area contributed by atoms with Crippen molar-refractivity contribution in [2.75, 3.05) is 13.1 Å². The van der Waals surface area contributed by atoms with Crippen molar-refractivity contribution < 1.29 is 9.59 Å². The number of hydrogen-bond acceptors (Lipinski definition) is 4. The minimum atomic E-state index is -0.479. The van der Waals surface area contributed by atoms with Crippen molar-refractivity contribution in [2.45, 2.75) is 245 Å². The van der Waals surface area contributed by atoms with E-state index in [1.807, 2.05) is 24.5 Å². The van der Waals surface area contributed by atoms with Crippen LogP contribution in [-0.4, -0.2) is 44.7 Å². The standard InChI is InChI=1S/C56H92Br2N4O2/c1-5-9-13-17-21-23-27-31-35-45(33-29-25-19-15-11-7-3)43-61-53(49-39-37-47(57)41-59-49)51-52(55(61)63)54(50-40-38-48(58)42-60-50)62(56(51)64)44-46(34-30-26-20-16-12-8-4)36-32-28-24-22-18-14-10-6-2/h37-42,45-46,51-54H,5-36,43-44H2,1-4H3. The van der Waals surface area contributed by atoms with Gasteiger partial charge < -0.3 is 9.80 Å². The lowest BCUT2D eigenvalue weighted by Crippen LogP contribution is -2.42. The Morgan fingerprint density at radius 3 is 0.938 bits per heavy atom. The van der Waals surface area contributed by atoms with Gasteiger partial charge >= 0.3 is 0 Å². The van der Waals surface area contributed by atoms with Crippen molar-refractivity contribution in [1.29, 1.82) is 0 Å². The van der Waals surface area contributed by atoms with Gasteiger partial charge in [-0.3, -0.25) is 19.6 Å². The third-order valence-corrected chi connectivity index (χ3v) is 15.7. The Labute approximate surface area is 409 Å². The molecule has 0 aliphatic carbocycles. The van der Waals surface area contributed by atoms with Gasteiger partial charge in [-0.25, -0.2) is 0 Å². The molecule has 6 atom stereocenters. The van der Waals surface area contributed by atoms with E-state index in [9.17, 15) is 0 Å². The van der Waals surface area contributed by atoms with E-state index in [2.05, 4.69) is 81.5 Å². The molecule has 0 N–H and O–H groups in total. The van der Waals surface area contributed by atoms with Gasteiger partial charge in [0, 0.05) is 34.4 Å². The third-order valence-electron chi connectivity index (χ3n) is 14.8. The van der Waals surface area contributed by atoms with E-state index in [4.69, 9.17) is 9.97 Å². The zero-order valence-corrected chi connectivity index (χ0v) is 44.5. The van der Waals surface area contributed by atoms with E-state index in [1.165, 1.54) is 180 Å². The lowest BCUT2D eigenvalue weighted by atomic mass is 9.86. The van der Waals surface area contributed by atoms with Crippen LogP contribution in [0.15, 0.2) is 45.6 Å². The molecule has 2 amide bonds. The SMILES string of the molecule is CCCCCCCCCCC(CCCCCCCC)CN1C(=O)C2C(C(=O)N(CC(CCCCCCCC)CCCCCCCCCC)C2c2ccc(Br)cn2)C1c1ccc(Br)cn1. The molecule has 0 bridgehead atoms. The monoisotopic (exact) mass is 1010 g/mol. The summed E-state index contributed by atoms with van der Waals surface area (Å²) in [4.78, 5) is 45.2. The molecule has 6 unspecified atom stereocenters. The number of fused-ring (bicyclic) bond motifs is 1. The number of carbonyl (C=O) groups excluding carboxylic acids is 2. The van der Waals surface area contributed by atoms with Crippen molar-refractivity contribution in [3.63, 3.8) is 0 Å². The van der Waals surface area contributed by atoms with E-state index in [0.717, 1.165) is 46.0 Å². The molecule has 4 rings (SSSR count). The number of likely N-dealkylation sites (tertiary alicyclic amines) is 2. The van der Waals surface area contributed by atoms with E-state index in [-0.39, 0.29) is 23.9 Å². The second-order valence-electron chi connectivity index (χ2n) is 20.1. The summed E-state index contributed by atoms with van der Waals surface area (Å²) in [6, 6.07) is 7.44. The highest BCUT2D eigenvalue weighted by atomic mass is 79.9. The van der Waals surface area contributed by atoms with Crippen molar-refractivity contribution in [3.8, 4) is 0 Å². The molecule has 0 spiro atoms. The first-order valence-corrected chi connectivity index (χ1v) is 28.8. The van der Waals surface area contributed by atoms with Crippen LogP contribution in [0.5, 0.6) is 0 Å². The van der Waals surface area contributed by atoms with Crippen molar-refractivity contribution in [2.24, 2.45) is 23.7 Å². The number of unbranched alkanes of at least 4 members (excludes halogenated alkanes) is 24. The van der Waals surface area contributed by atoms with Crippen molar-refractivity contribution >= 4 is 43.7 Å². The van der Waals surface area contributed by atoms with Crippen LogP contribution in [0.25, 0.3) is 0 Å². The van der Waals surface area contributed by atoms with Gasteiger partial charge in [0.05, 0.1) is 35.3 Å². The van der Waals surface area contributed by atoms with Gasteiger partial charge in [0.25, 0.3) is 0 Å². The molecular formula is C56H92Br2N4O2. The fraction of sp³-hybridized carbons (Fsp3) is 0.786. The molecule has 0 radical (unpaired) electrons. The summed E-state index contributed by atoms with van der Waals surface area (Å²) in [6.45, 7) is 10.5. The van der Waals surface area contributed by atoms with Crippen LogP contribution in [0, 0.1) is 23.7 Å². The molecule has 2 aromatic rings. The Morgan fingerprint density at radius 1 is 0.422 bits per heavy atom. The number of aromatic nitrogens is 2. The summed E-state index contributed by atoms with van der Waals surface area (Å²) >= 11 is 7.27. The van der Waals surface area contributed by atoms with Crippen LogP contribution in [0.4, 0.5) is 0 Å². The van der Waals surface area contributed by atoms with Crippen molar-refractivity contribution in [3.05, 3.63) is 57.0 Å².